The van der Waals surface area contributed by atoms with Gasteiger partial charge >= 0.3 is 0 Å². The van der Waals surface area contributed by atoms with E-state index >= 15 is 0 Å². The van der Waals surface area contributed by atoms with Crippen molar-refractivity contribution >= 4 is 51.1 Å². The van der Waals surface area contributed by atoms with Crippen molar-refractivity contribution in [3.63, 3.8) is 0 Å². The molecule has 1 fully saturated rings. The van der Waals surface area contributed by atoms with E-state index < -0.39 is 17.6 Å². The molecule has 1 aliphatic heterocycles. The number of amides is 2. The molecule has 2 amide bonds. The maximum atomic E-state index is 13.4. The van der Waals surface area contributed by atoms with Crippen LogP contribution in [0.15, 0.2) is 40.4 Å². The van der Waals surface area contributed by atoms with Gasteiger partial charge in [0, 0.05) is 0 Å². The third-order valence-electron chi connectivity index (χ3n) is 3.90. The van der Waals surface area contributed by atoms with Crippen LogP contribution in [0.4, 0.5) is 10.1 Å². The van der Waals surface area contributed by atoms with Crippen LogP contribution in [-0.2, 0) is 9.59 Å². The molecule has 0 atom stereocenters. The second kappa shape index (κ2) is 8.20. The van der Waals surface area contributed by atoms with E-state index in [1.807, 2.05) is 6.92 Å². The van der Waals surface area contributed by atoms with E-state index in [4.69, 9.17) is 21.1 Å². The van der Waals surface area contributed by atoms with Crippen molar-refractivity contribution in [2.45, 2.75) is 6.92 Å². The second-order valence-electron chi connectivity index (χ2n) is 5.71. The molecule has 0 bridgehead atoms. The van der Waals surface area contributed by atoms with Crippen molar-refractivity contribution < 1.29 is 23.5 Å². The highest BCUT2D eigenvalue weighted by Gasteiger charge is 2.34. The van der Waals surface area contributed by atoms with Crippen LogP contribution in [0.5, 0.6) is 11.5 Å². The van der Waals surface area contributed by atoms with Gasteiger partial charge in [-0.25, -0.2) is 9.40 Å². The lowest BCUT2D eigenvalue weighted by Gasteiger charge is -2.15. The van der Waals surface area contributed by atoms with Gasteiger partial charge in [-0.1, -0.05) is 11.6 Å². The number of hydrogen-bond donors (Lipinski definition) is 1. The van der Waals surface area contributed by atoms with Crippen LogP contribution in [-0.4, -0.2) is 25.5 Å². The third kappa shape index (κ3) is 3.83. The topological polar surface area (TPSA) is 67.9 Å². The number of carbonyl (C=O) groups is 2. The smallest absolute Gasteiger partial charge is 0.282 e. The predicted molar refractivity (Wildman–Crippen MR) is 107 cm³/mol. The minimum Gasteiger partial charge on any atom is -0.493 e. The van der Waals surface area contributed by atoms with Crippen molar-refractivity contribution in [3.05, 3.63) is 56.8 Å². The van der Waals surface area contributed by atoms with Crippen LogP contribution < -0.4 is 19.9 Å². The van der Waals surface area contributed by atoms with Gasteiger partial charge in [-0.05, 0) is 64.8 Å². The predicted octanol–water partition coefficient (Wildman–Crippen LogP) is 4.11. The van der Waals surface area contributed by atoms with E-state index in [2.05, 4.69) is 21.4 Å². The summed E-state index contributed by atoms with van der Waals surface area (Å²) in [6.07, 6.45) is 1.44. The highest BCUT2D eigenvalue weighted by atomic mass is 79.9. The van der Waals surface area contributed by atoms with Crippen molar-refractivity contribution in [3.8, 4) is 11.5 Å². The van der Waals surface area contributed by atoms with Crippen molar-refractivity contribution in [1.82, 2.24) is 5.43 Å². The fourth-order valence-electron chi connectivity index (χ4n) is 2.64. The maximum Gasteiger partial charge on any atom is 0.282 e. The summed E-state index contributed by atoms with van der Waals surface area (Å²) < 4.78 is 24.8. The zero-order valence-electron chi connectivity index (χ0n) is 14.9. The summed E-state index contributed by atoms with van der Waals surface area (Å²) >= 11 is 9.16. The molecule has 146 valence electrons. The Morgan fingerprint density at radius 2 is 2.04 bits per heavy atom. The highest BCUT2D eigenvalue weighted by Crippen LogP contribution is 2.37. The lowest BCUT2D eigenvalue weighted by molar-refractivity contribution is -0.117. The Balaban J connectivity index is 1.96. The normalized spacial score (nSPS) is 15.2. The van der Waals surface area contributed by atoms with Crippen molar-refractivity contribution in [1.29, 1.82) is 0 Å². The van der Waals surface area contributed by atoms with E-state index in [1.54, 1.807) is 12.1 Å². The summed E-state index contributed by atoms with van der Waals surface area (Å²) in [6.45, 7) is 2.30. The van der Waals surface area contributed by atoms with E-state index in [-0.39, 0.29) is 16.3 Å². The fourth-order valence-corrected chi connectivity index (χ4v) is 3.39. The summed E-state index contributed by atoms with van der Waals surface area (Å²) in [5.74, 6) is -0.815. The maximum absolute atomic E-state index is 13.4. The average Bonchev–Trinajstić information content (AvgIpc) is 2.94. The number of benzene rings is 2. The van der Waals surface area contributed by atoms with Gasteiger partial charge in [-0.15, -0.1) is 0 Å². The highest BCUT2D eigenvalue weighted by molar-refractivity contribution is 9.10. The van der Waals surface area contributed by atoms with E-state index in [1.165, 1.54) is 25.3 Å². The molecule has 2 aromatic carbocycles. The van der Waals surface area contributed by atoms with Gasteiger partial charge in [0.2, 0.25) is 0 Å². The molecule has 3 rings (SSSR count). The standard InChI is InChI=1S/C19H15BrClFN2O4/c1-3-28-17-13(20)7-10(8-16(17)27-2)6-12-18(25)23-24(19(12)26)11-4-5-15(22)14(21)9-11/h4-9H,3H2,1-2H3,(H,23,25)/b12-6-. The summed E-state index contributed by atoms with van der Waals surface area (Å²) in [6, 6.07) is 7.08. The molecule has 0 spiro atoms. The van der Waals surface area contributed by atoms with Crippen LogP contribution in [0.25, 0.3) is 6.08 Å². The SMILES string of the molecule is CCOc1c(Br)cc(/C=C2/C(=O)NN(c3ccc(F)c(Cl)c3)C2=O)cc1OC. The van der Waals surface area contributed by atoms with Crippen LogP contribution in [0.3, 0.4) is 0 Å². The van der Waals surface area contributed by atoms with Gasteiger partial charge < -0.3 is 9.47 Å². The number of nitrogens with one attached hydrogen (secondary N) is 1. The van der Waals surface area contributed by atoms with Crippen molar-refractivity contribution in [2.75, 3.05) is 18.7 Å². The Kier molecular flexibility index (Phi) is 5.90. The molecule has 28 heavy (non-hydrogen) atoms. The number of anilines is 1. The number of rotatable bonds is 5. The number of ether oxygens (including phenoxy) is 2. The Hall–Kier alpha value is -2.58. The minimum absolute atomic E-state index is 0.0847. The van der Waals surface area contributed by atoms with Crippen molar-refractivity contribution in [2.24, 2.45) is 0 Å². The molecule has 0 aromatic heterocycles. The fraction of sp³-hybridized carbons (Fsp3) is 0.158. The zero-order valence-corrected chi connectivity index (χ0v) is 17.2. The first-order chi connectivity index (χ1) is 13.3. The molecule has 0 saturated carbocycles. The monoisotopic (exact) mass is 468 g/mol. The van der Waals surface area contributed by atoms with Gasteiger partial charge in [0.15, 0.2) is 11.5 Å². The molecule has 0 unspecified atom stereocenters. The van der Waals surface area contributed by atoms with Gasteiger partial charge in [-0.2, -0.15) is 0 Å². The number of hydrazine groups is 1. The molecule has 1 aliphatic rings. The summed E-state index contributed by atoms with van der Waals surface area (Å²) in [4.78, 5) is 25.0. The molecule has 0 radical (unpaired) electrons. The average molecular weight is 470 g/mol. The summed E-state index contributed by atoms with van der Waals surface area (Å²) in [5.41, 5.74) is 3.16. The molecule has 9 heteroatoms. The first-order valence-electron chi connectivity index (χ1n) is 8.18. The molecule has 6 nitrogen and oxygen atoms in total. The van der Waals surface area contributed by atoms with E-state index in [0.29, 0.717) is 28.1 Å². The zero-order chi connectivity index (χ0) is 20.4. The largest absolute Gasteiger partial charge is 0.493 e. The lowest BCUT2D eigenvalue weighted by atomic mass is 10.1. The number of halogens is 3. The van der Waals surface area contributed by atoms with Gasteiger partial charge in [0.1, 0.15) is 11.4 Å². The van der Waals surface area contributed by atoms with Crippen LogP contribution >= 0.6 is 27.5 Å². The Bertz CT molecular complexity index is 996. The minimum atomic E-state index is -0.620. The molecule has 0 aliphatic carbocycles. The van der Waals surface area contributed by atoms with E-state index in [9.17, 15) is 14.0 Å². The summed E-state index contributed by atoms with van der Waals surface area (Å²) in [5, 5.41) is 0.859. The number of nitrogens with zero attached hydrogens (tertiary/aromatic N) is 1. The molecule has 1 heterocycles. The van der Waals surface area contributed by atoms with Gasteiger partial charge in [0.05, 0.1) is 28.9 Å². The van der Waals surface area contributed by atoms with Gasteiger partial charge in [0.25, 0.3) is 11.8 Å². The first-order valence-corrected chi connectivity index (χ1v) is 9.35. The lowest BCUT2D eigenvalue weighted by Crippen LogP contribution is -2.35. The molecule has 2 aromatic rings. The second-order valence-corrected chi connectivity index (χ2v) is 6.97. The number of methoxy groups -OCH3 is 1. The molecular formula is C19H15BrClFN2O4. The third-order valence-corrected chi connectivity index (χ3v) is 4.78. The first kappa shape index (κ1) is 20.2. The van der Waals surface area contributed by atoms with Crippen LogP contribution in [0.1, 0.15) is 12.5 Å². The molecular weight excluding hydrogens is 455 g/mol. The quantitative estimate of drug-likeness (QED) is 0.529. The van der Waals surface area contributed by atoms with Crippen LogP contribution in [0, 0.1) is 5.82 Å². The Labute approximate surface area is 174 Å². The summed E-state index contributed by atoms with van der Waals surface area (Å²) in [7, 11) is 1.49. The van der Waals surface area contributed by atoms with E-state index in [0.717, 1.165) is 11.1 Å². The molecule has 1 N–H and O–H groups in total. The Morgan fingerprint density at radius 1 is 1.29 bits per heavy atom. The number of carbonyl (C=O) groups excluding carboxylic acids is 2. The number of hydrogen-bond acceptors (Lipinski definition) is 4. The molecule has 1 saturated heterocycles. The van der Waals surface area contributed by atoms with Gasteiger partial charge in [-0.3, -0.25) is 15.0 Å². The van der Waals surface area contributed by atoms with Crippen LogP contribution in [0.2, 0.25) is 5.02 Å². The Morgan fingerprint density at radius 3 is 2.68 bits per heavy atom.